The Hall–Kier alpha value is -1.39. The minimum absolute atomic E-state index is 0.141. The standard InChI is InChI=1S/C15H21FN2O/c1-11(17)13-3-4-15(14(16)9-13)18-7-5-12(6-8-18)10-19-2/h3-5,9,11H,6-8,10,17H2,1-2H3. The molecule has 0 saturated carbocycles. The first-order valence-electron chi connectivity index (χ1n) is 6.58. The number of benzene rings is 1. The number of halogens is 1. The van der Waals surface area contributed by atoms with E-state index < -0.39 is 0 Å². The van der Waals surface area contributed by atoms with Crippen molar-refractivity contribution in [2.24, 2.45) is 5.73 Å². The summed E-state index contributed by atoms with van der Waals surface area (Å²) in [5.41, 5.74) is 8.52. The van der Waals surface area contributed by atoms with Gasteiger partial charge in [0.1, 0.15) is 5.82 Å². The molecule has 1 unspecified atom stereocenters. The van der Waals surface area contributed by atoms with Gasteiger partial charge in [0.2, 0.25) is 0 Å². The van der Waals surface area contributed by atoms with Crippen molar-refractivity contribution in [2.45, 2.75) is 19.4 Å². The lowest BCUT2D eigenvalue weighted by molar-refractivity contribution is 0.222. The summed E-state index contributed by atoms with van der Waals surface area (Å²) in [6.07, 6.45) is 3.04. The van der Waals surface area contributed by atoms with E-state index in [1.165, 1.54) is 11.6 Å². The average Bonchev–Trinajstić information content (AvgIpc) is 2.40. The van der Waals surface area contributed by atoms with Crippen LogP contribution in [0.3, 0.4) is 0 Å². The Kier molecular flexibility index (Phi) is 4.56. The number of methoxy groups -OCH3 is 1. The van der Waals surface area contributed by atoms with E-state index in [1.54, 1.807) is 7.11 Å². The van der Waals surface area contributed by atoms with Crippen molar-refractivity contribution in [1.82, 2.24) is 0 Å². The molecule has 2 rings (SSSR count). The molecule has 0 fully saturated rings. The molecule has 0 amide bonds. The summed E-state index contributed by atoms with van der Waals surface area (Å²) in [4.78, 5) is 2.04. The Morgan fingerprint density at radius 3 is 2.79 bits per heavy atom. The number of rotatable bonds is 4. The molecule has 0 aromatic heterocycles. The van der Waals surface area contributed by atoms with Crippen LogP contribution in [0.1, 0.15) is 24.9 Å². The molecule has 1 heterocycles. The summed E-state index contributed by atoms with van der Waals surface area (Å²) in [5.74, 6) is -0.196. The number of ether oxygens (including phenoxy) is 1. The molecule has 1 aliphatic heterocycles. The van der Waals surface area contributed by atoms with Gasteiger partial charge in [0, 0.05) is 26.2 Å². The van der Waals surface area contributed by atoms with Gasteiger partial charge < -0.3 is 15.4 Å². The normalized spacial score (nSPS) is 17.3. The number of nitrogens with two attached hydrogens (primary N) is 1. The molecule has 3 nitrogen and oxygen atoms in total. The van der Waals surface area contributed by atoms with E-state index >= 15 is 0 Å². The molecule has 1 aromatic rings. The van der Waals surface area contributed by atoms with Crippen molar-refractivity contribution in [3.05, 3.63) is 41.2 Å². The van der Waals surface area contributed by atoms with E-state index in [1.807, 2.05) is 24.0 Å². The Bertz CT molecular complexity index is 471. The molecule has 0 saturated heterocycles. The largest absolute Gasteiger partial charge is 0.380 e. The maximum Gasteiger partial charge on any atom is 0.146 e. The van der Waals surface area contributed by atoms with E-state index in [0.717, 1.165) is 25.1 Å². The van der Waals surface area contributed by atoms with Crippen LogP contribution in [-0.2, 0) is 4.74 Å². The van der Waals surface area contributed by atoms with Crippen molar-refractivity contribution in [2.75, 3.05) is 31.7 Å². The molecule has 1 atom stereocenters. The van der Waals surface area contributed by atoms with Crippen LogP contribution < -0.4 is 10.6 Å². The zero-order chi connectivity index (χ0) is 13.8. The second-order valence-electron chi connectivity index (χ2n) is 4.99. The van der Waals surface area contributed by atoms with E-state index in [-0.39, 0.29) is 11.9 Å². The van der Waals surface area contributed by atoms with E-state index in [4.69, 9.17) is 10.5 Å². The monoisotopic (exact) mass is 264 g/mol. The van der Waals surface area contributed by atoms with Crippen LogP contribution in [0.2, 0.25) is 0 Å². The third kappa shape index (κ3) is 3.33. The molecule has 4 heteroatoms. The highest BCUT2D eigenvalue weighted by atomic mass is 19.1. The Morgan fingerprint density at radius 1 is 1.47 bits per heavy atom. The quantitative estimate of drug-likeness (QED) is 0.850. The maximum atomic E-state index is 14.1. The van der Waals surface area contributed by atoms with Gasteiger partial charge in [0.05, 0.1) is 12.3 Å². The van der Waals surface area contributed by atoms with Crippen LogP contribution in [0.25, 0.3) is 0 Å². The fourth-order valence-corrected chi connectivity index (χ4v) is 2.31. The molecule has 0 aliphatic carbocycles. The van der Waals surface area contributed by atoms with E-state index in [2.05, 4.69) is 6.08 Å². The molecule has 2 N–H and O–H groups in total. The average molecular weight is 264 g/mol. The van der Waals surface area contributed by atoms with Crippen molar-refractivity contribution >= 4 is 5.69 Å². The SMILES string of the molecule is COCC1=CCN(c2ccc(C(C)N)cc2F)CC1. The molecule has 19 heavy (non-hydrogen) atoms. The lowest BCUT2D eigenvalue weighted by Gasteiger charge is -2.29. The number of hydrogen-bond acceptors (Lipinski definition) is 3. The topological polar surface area (TPSA) is 38.5 Å². The van der Waals surface area contributed by atoms with Gasteiger partial charge in [-0.3, -0.25) is 0 Å². The van der Waals surface area contributed by atoms with Crippen LogP contribution >= 0.6 is 0 Å². The fraction of sp³-hybridized carbons (Fsp3) is 0.467. The lowest BCUT2D eigenvalue weighted by atomic mass is 10.1. The summed E-state index contributed by atoms with van der Waals surface area (Å²) in [7, 11) is 1.69. The van der Waals surface area contributed by atoms with Crippen LogP contribution in [0.5, 0.6) is 0 Å². The molecule has 0 spiro atoms. The summed E-state index contributed by atoms with van der Waals surface area (Å²) in [6.45, 7) is 4.08. The molecule has 0 bridgehead atoms. The second-order valence-corrected chi connectivity index (χ2v) is 4.99. The van der Waals surface area contributed by atoms with Gasteiger partial charge in [-0.2, -0.15) is 0 Å². The van der Waals surface area contributed by atoms with Gasteiger partial charge in [-0.05, 0) is 36.6 Å². The lowest BCUT2D eigenvalue weighted by Crippen LogP contribution is -2.30. The Morgan fingerprint density at radius 2 is 2.26 bits per heavy atom. The van der Waals surface area contributed by atoms with Crippen LogP contribution in [-0.4, -0.2) is 26.8 Å². The zero-order valence-corrected chi connectivity index (χ0v) is 11.5. The predicted molar refractivity (Wildman–Crippen MR) is 75.8 cm³/mol. The smallest absolute Gasteiger partial charge is 0.146 e. The molecule has 0 radical (unpaired) electrons. The summed E-state index contributed by atoms with van der Waals surface area (Å²) >= 11 is 0. The van der Waals surface area contributed by atoms with Crippen LogP contribution in [0.4, 0.5) is 10.1 Å². The highest BCUT2D eigenvalue weighted by Gasteiger charge is 2.16. The highest BCUT2D eigenvalue weighted by molar-refractivity contribution is 5.51. The van der Waals surface area contributed by atoms with Crippen LogP contribution in [0, 0.1) is 5.82 Å². The predicted octanol–water partition coefficient (Wildman–Crippen LogP) is 2.63. The number of hydrogen-bond donors (Lipinski definition) is 1. The summed E-state index contributed by atoms with van der Waals surface area (Å²) < 4.78 is 19.2. The first kappa shape index (κ1) is 14.0. The minimum atomic E-state index is -0.196. The molecule has 104 valence electrons. The molecule has 1 aliphatic rings. The second kappa shape index (κ2) is 6.17. The van der Waals surface area contributed by atoms with Crippen LogP contribution in [0.15, 0.2) is 29.8 Å². The summed E-state index contributed by atoms with van der Waals surface area (Å²) in [6, 6.07) is 5.12. The van der Waals surface area contributed by atoms with Crippen molar-refractivity contribution in [3.63, 3.8) is 0 Å². The number of anilines is 1. The third-order valence-corrected chi connectivity index (χ3v) is 3.47. The molecular formula is C15H21FN2O. The van der Waals surface area contributed by atoms with Gasteiger partial charge in [-0.1, -0.05) is 12.1 Å². The fourth-order valence-electron chi connectivity index (χ4n) is 2.31. The summed E-state index contributed by atoms with van der Waals surface area (Å²) in [5, 5.41) is 0. The highest BCUT2D eigenvalue weighted by Crippen LogP contribution is 2.25. The molecular weight excluding hydrogens is 243 g/mol. The van der Waals surface area contributed by atoms with E-state index in [0.29, 0.717) is 12.3 Å². The number of nitrogens with zero attached hydrogens (tertiary/aromatic N) is 1. The van der Waals surface area contributed by atoms with Gasteiger partial charge in [-0.15, -0.1) is 0 Å². The third-order valence-electron chi connectivity index (χ3n) is 3.47. The first-order chi connectivity index (χ1) is 9.11. The Labute approximate surface area is 113 Å². The van der Waals surface area contributed by atoms with Crippen molar-refractivity contribution in [3.8, 4) is 0 Å². The zero-order valence-electron chi connectivity index (χ0n) is 11.5. The van der Waals surface area contributed by atoms with E-state index in [9.17, 15) is 4.39 Å². The first-order valence-corrected chi connectivity index (χ1v) is 6.58. The maximum absolute atomic E-state index is 14.1. The van der Waals surface area contributed by atoms with Gasteiger partial charge in [0.15, 0.2) is 0 Å². The van der Waals surface area contributed by atoms with Gasteiger partial charge >= 0.3 is 0 Å². The van der Waals surface area contributed by atoms with Crippen molar-refractivity contribution < 1.29 is 9.13 Å². The Balaban J connectivity index is 2.11. The van der Waals surface area contributed by atoms with Crippen molar-refractivity contribution in [1.29, 1.82) is 0 Å². The molecule has 1 aromatic carbocycles. The van der Waals surface area contributed by atoms with Gasteiger partial charge in [-0.25, -0.2) is 4.39 Å². The van der Waals surface area contributed by atoms with Gasteiger partial charge in [0.25, 0.3) is 0 Å². The minimum Gasteiger partial charge on any atom is -0.380 e.